The van der Waals surface area contributed by atoms with Crippen LogP contribution in [0.2, 0.25) is 0 Å². The van der Waals surface area contributed by atoms with Crippen LogP contribution >= 0.6 is 12.2 Å². The molecule has 0 radical (unpaired) electrons. The van der Waals surface area contributed by atoms with Gasteiger partial charge in [-0.1, -0.05) is 24.4 Å². The highest BCUT2D eigenvalue weighted by atomic mass is 32.2. The summed E-state index contributed by atoms with van der Waals surface area (Å²) in [6, 6.07) is 9.42. The molecule has 2 rings (SSSR count). The predicted molar refractivity (Wildman–Crippen MR) is 78.4 cm³/mol. The van der Waals surface area contributed by atoms with E-state index in [0.29, 0.717) is 11.3 Å². The van der Waals surface area contributed by atoms with E-state index in [1.54, 1.807) is 24.3 Å². The summed E-state index contributed by atoms with van der Waals surface area (Å²) in [6.45, 7) is 0.0766. The van der Waals surface area contributed by atoms with Gasteiger partial charge in [-0.3, -0.25) is 0 Å². The van der Waals surface area contributed by atoms with Crippen LogP contribution in [0.25, 0.3) is 0 Å². The molecule has 0 saturated heterocycles. The second-order valence-corrected chi connectivity index (χ2v) is 6.13. The predicted octanol–water partition coefficient (Wildman–Crippen LogP) is 0.589. The summed E-state index contributed by atoms with van der Waals surface area (Å²) in [4.78, 5) is 0.364. The standard InChI is InChI=1S/C12H12N4O2S2/c13-12(19)9-3-5-11(6-4-9)20(17,18)15-8-10-2-1-7-14-16-10/h1-7,15H,8H2,(H2,13,19). The lowest BCUT2D eigenvalue weighted by Gasteiger charge is -2.06. The normalized spacial score (nSPS) is 11.2. The molecule has 1 aromatic carbocycles. The highest BCUT2D eigenvalue weighted by Gasteiger charge is 2.14. The highest BCUT2D eigenvalue weighted by molar-refractivity contribution is 7.89. The number of nitrogens with one attached hydrogen (secondary N) is 1. The van der Waals surface area contributed by atoms with Gasteiger partial charge in [0.2, 0.25) is 10.0 Å². The Bertz CT molecular complexity index is 700. The molecule has 8 heteroatoms. The average molecular weight is 308 g/mol. The van der Waals surface area contributed by atoms with Crippen LogP contribution in [0, 0.1) is 0 Å². The third kappa shape index (κ3) is 3.56. The number of hydrogen-bond donors (Lipinski definition) is 2. The molecule has 1 aromatic heterocycles. The number of rotatable bonds is 5. The number of hydrogen-bond acceptors (Lipinski definition) is 5. The van der Waals surface area contributed by atoms with E-state index in [1.165, 1.54) is 18.3 Å². The molecule has 3 N–H and O–H groups in total. The molecule has 0 aliphatic carbocycles. The first-order valence-electron chi connectivity index (χ1n) is 5.65. The number of sulfonamides is 1. The van der Waals surface area contributed by atoms with Crippen molar-refractivity contribution in [2.75, 3.05) is 0 Å². The van der Waals surface area contributed by atoms with Crippen molar-refractivity contribution >= 4 is 27.2 Å². The van der Waals surface area contributed by atoms with Gasteiger partial charge in [0.05, 0.1) is 17.1 Å². The largest absolute Gasteiger partial charge is 0.389 e. The Kier molecular flexibility index (Phi) is 4.38. The molecule has 0 bridgehead atoms. The smallest absolute Gasteiger partial charge is 0.240 e. The number of aromatic nitrogens is 2. The second-order valence-electron chi connectivity index (χ2n) is 3.93. The Balaban J connectivity index is 2.12. The van der Waals surface area contributed by atoms with Gasteiger partial charge in [-0.25, -0.2) is 13.1 Å². The van der Waals surface area contributed by atoms with Crippen LogP contribution in [0.15, 0.2) is 47.5 Å². The molecule has 0 aliphatic heterocycles. The summed E-state index contributed by atoms with van der Waals surface area (Å²) >= 11 is 4.81. The fraction of sp³-hybridized carbons (Fsp3) is 0.0833. The van der Waals surface area contributed by atoms with Gasteiger partial charge in [0, 0.05) is 11.8 Å². The quantitative estimate of drug-likeness (QED) is 0.785. The minimum absolute atomic E-state index is 0.0766. The molecule has 6 nitrogen and oxygen atoms in total. The maximum Gasteiger partial charge on any atom is 0.240 e. The second kappa shape index (κ2) is 6.04. The Morgan fingerprint density at radius 2 is 1.95 bits per heavy atom. The molecule has 0 unspecified atom stereocenters. The van der Waals surface area contributed by atoms with Crippen molar-refractivity contribution in [3.8, 4) is 0 Å². The number of nitrogens with zero attached hydrogens (tertiary/aromatic N) is 2. The van der Waals surface area contributed by atoms with Crippen LogP contribution in [0.4, 0.5) is 0 Å². The van der Waals surface area contributed by atoms with Gasteiger partial charge in [0.25, 0.3) is 0 Å². The summed E-state index contributed by atoms with van der Waals surface area (Å²) in [6.07, 6.45) is 1.52. The van der Waals surface area contributed by atoms with Gasteiger partial charge in [-0.05, 0) is 24.3 Å². The van der Waals surface area contributed by atoms with Crippen molar-refractivity contribution in [3.05, 3.63) is 53.9 Å². The van der Waals surface area contributed by atoms with Crippen molar-refractivity contribution in [1.29, 1.82) is 0 Å². The Morgan fingerprint density at radius 1 is 1.25 bits per heavy atom. The van der Waals surface area contributed by atoms with Crippen LogP contribution in [0.3, 0.4) is 0 Å². The fourth-order valence-electron chi connectivity index (χ4n) is 1.48. The molecule has 20 heavy (non-hydrogen) atoms. The van der Waals surface area contributed by atoms with Gasteiger partial charge in [-0.2, -0.15) is 10.2 Å². The Labute approximate surface area is 122 Å². The lowest BCUT2D eigenvalue weighted by Crippen LogP contribution is -2.24. The van der Waals surface area contributed by atoms with Crippen LogP contribution in [-0.2, 0) is 16.6 Å². The van der Waals surface area contributed by atoms with Crippen LogP contribution in [0.1, 0.15) is 11.3 Å². The van der Waals surface area contributed by atoms with Gasteiger partial charge in [-0.15, -0.1) is 0 Å². The SMILES string of the molecule is NC(=S)c1ccc(S(=O)(=O)NCc2cccnn2)cc1. The third-order valence-corrected chi connectivity index (χ3v) is 4.17. The maximum absolute atomic E-state index is 12.1. The molecular weight excluding hydrogens is 296 g/mol. The molecule has 0 saturated carbocycles. The van der Waals surface area contributed by atoms with E-state index in [9.17, 15) is 8.42 Å². The zero-order valence-corrected chi connectivity index (χ0v) is 12.0. The van der Waals surface area contributed by atoms with Crippen molar-refractivity contribution in [3.63, 3.8) is 0 Å². The maximum atomic E-state index is 12.1. The van der Waals surface area contributed by atoms with Gasteiger partial charge in [0.1, 0.15) is 4.99 Å². The van der Waals surface area contributed by atoms with Crippen molar-refractivity contribution < 1.29 is 8.42 Å². The molecule has 0 fully saturated rings. The van der Waals surface area contributed by atoms with E-state index in [-0.39, 0.29) is 16.4 Å². The minimum atomic E-state index is -3.60. The van der Waals surface area contributed by atoms with E-state index in [1.807, 2.05) is 0 Å². The molecule has 0 atom stereocenters. The summed E-state index contributed by atoms with van der Waals surface area (Å²) < 4.78 is 26.6. The van der Waals surface area contributed by atoms with Gasteiger partial charge in [0.15, 0.2) is 0 Å². The van der Waals surface area contributed by atoms with E-state index in [2.05, 4.69) is 14.9 Å². The fourth-order valence-corrected chi connectivity index (χ4v) is 2.61. The first kappa shape index (κ1) is 14.5. The minimum Gasteiger partial charge on any atom is -0.389 e. The summed E-state index contributed by atoms with van der Waals surface area (Å²) in [5.74, 6) is 0. The van der Waals surface area contributed by atoms with Gasteiger partial charge >= 0.3 is 0 Å². The molecule has 2 aromatic rings. The third-order valence-electron chi connectivity index (χ3n) is 2.52. The number of nitrogens with two attached hydrogens (primary N) is 1. The van der Waals surface area contributed by atoms with Crippen LogP contribution in [0.5, 0.6) is 0 Å². The molecular formula is C12H12N4O2S2. The summed E-state index contributed by atoms with van der Waals surface area (Å²) in [5, 5.41) is 7.48. The lowest BCUT2D eigenvalue weighted by molar-refractivity contribution is 0.580. The average Bonchev–Trinajstić information content (AvgIpc) is 2.46. The van der Waals surface area contributed by atoms with E-state index >= 15 is 0 Å². The van der Waals surface area contributed by atoms with Crippen LogP contribution < -0.4 is 10.5 Å². The number of thiocarbonyl (C=S) groups is 1. The molecule has 0 spiro atoms. The highest BCUT2D eigenvalue weighted by Crippen LogP contribution is 2.11. The Morgan fingerprint density at radius 3 is 2.50 bits per heavy atom. The summed E-state index contributed by atoms with van der Waals surface area (Å²) in [7, 11) is -3.60. The monoisotopic (exact) mass is 308 g/mol. The first-order chi connectivity index (χ1) is 9.49. The Hall–Kier alpha value is -1.90. The van der Waals surface area contributed by atoms with Gasteiger partial charge < -0.3 is 5.73 Å². The van der Waals surface area contributed by atoms with Crippen molar-refractivity contribution in [1.82, 2.24) is 14.9 Å². The zero-order valence-electron chi connectivity index (χ0n) is 10.4. The molecule has 1 heterocycles. The molecule has 0 amide bonds. The lowest BCUT2D eigenvalue weighted by atomic mass is 10.2. The first-order valence-corrected chi connectivity index (χ1v) is 7.54. The molecule has 0 aliphatic rings. The van der Waals surface area contributed by atoms with E-state index in [0.717, 1.165) is 0 Å². The van der Waals surface area contributed by atoms with Crippen molar-refractivity contribution in [2.45, 2.75) is 11.4 Å². The summed E-state index contributed by atoms with van der Waals surface area (Å²) in [5.41, 5.74) is 6.61. The zero-order chi connectivity index (χ0) is 14.6. The van der Waals surface area contributed by atoms with E-state index < -0.39 is 10.0 Å². The van der Waals surface area contributed by atoms with Crippen molar-refractivity contribution in [2.24, 2.45) is 5.73 Å². The molecule has 104 valence electrons. The van der Waals surface area contributed by atoms with Crippen LogP contribution in [-0.4, -0.2) is 23.6 Å². The van der Waals surface area contributed by atoms with E-state index in [4.69, 9.17) is 18.0 Å². The topological polar surface area (TPSA) is 98.0 Å². The number of benzene rings is 1.